The van der Waals surface area contributed by atoms with Crippen LogP contribution in [0.25, 0.3) is 22.7 Å². The lowest BCUT2D eigenvalue weighted by Crippen LogP contribution is -1.85. The van der Waals surface area contributed by atoms with E-state index < -0.39 is 0 Å². The third-order valence-electron chi connectivity index (χ3n) is 2.56. The fourth-order valence-corrected chi connectivity index (χ4v) is 1.95. The van der Waals surface area contributed by atoms with Gasteiger partial charge >= 0.3 is 0 Å². The minimum absolute atomic E-state index is 0.494. The Kier molecular flexibility index (Phi) is 2.64. The van der Waals surface area contributed by atoms with Gasteiger partial charge in [0, 0.05) is 11.8 Å². The first-order chi connectivity index (χ1) is 8.78. The van der Waals surface area contributed by atoms with Gasteiger partial charge < -0.3 is 9.15 Å². The number of hydrogen-bond acceptors (Lipinski definition) is 4. The number of ether oxygens (including phenoxy) is 1. The molecule has 0 saturated carbocycles. The predicted molar refractivity (Wildman–Crippen MR) is 68.8 cm³/mol. The number of aromatic nitrogens is 2. The maximum absolute atomic E-state index is 6.07. The lowest BCUT2D eigenvalue weighted by atomic mass is 10.2. The average molecular weight is 261 g/mol. The van der Waals surface area contributed by atoms with Crippen molar-refractivity contribution in [1.82, 2.24) is 9.97 Å². The SMILES string of the molecule is COc1ccc(-c2nc3ncccc3o2)cc1Cl. The predicted octanol–water partition coefficient (Wildman–Crippen LogP) is 3.55. The summed E-state index contributed by atoms with van der Waals surface area (Å²) >= 11 is 6.07. The van der Waals surface area contributed by atoms with Crippen molar-refractivity contribution < 1.29 is 9.15 Å². The molecule has 0 unspecified atom stereocenters. The van der Waals surface area contributed by atoms with E-state index in [0.717, 1.165) is 5.56 Å². The lowest BCUT2D eigenvalue weighted by Gasteiger charge is -2.03. The van der Waals surface area contributed by atoms with Gasteiger partial charge in [-0.1, -0.05) is 11.6 Å². The second-order valence-electron chi connectivity index (χ2n) is 3.69. The molecule has 2 heterocycles. The topological polar surface area (TPSA) is 48.2 Å². The van der Waals surface area contributed by atoms with Crippen LogP contribution >= 0.6 is 11.6 Å². The maximum atomic E-state index is 6.07. The standard InChI is InChI=1S/C13H9ClN2O2/c1-17-10-5-4-8(7-9(10)14)13-16-12-11(18-13)3-2-6-15-12/h2-7H,1H3. The highest BCUT2D eigenvalue weighted by Gasteiger charge is 2.10. The van der Waals surface area contributed by atoms with Gasteiger partial charge in [-0.25, -0.2) is 4.98 Å². The fraction of sp³-hybridized carbons (Fsp3) is 0.0769. The van der Waals surface area contributed by atoms with Crippen LogP contribution in [0.2, 0.25) is 5.02 Å². The number of oxazole rings is 1. The monoisotopic (exact) mass is 260 g/mol. The minimum Gasteiger partial charge on any atom is -0.495 e. The summed E-state index contributed by atoms with van der Waals surface area (Å²) in [5.74, 6) is 1.11. The van der Waals surface area contributed by atoms with Crippen LogP contribution in [0.5, 0.6) is 5.75 Å². The van der Waals surface area contributed by atoms with Crippen molar-refractivity contribution in [2.75, 3.05) is 7.11 Å². The van der Waals surface area contributed by atoms with Gasteiger partial charge in [0.2, 0.25) is 5.89 Å². The second kappa shape index (κ2) is 4.31. The highest BCUT2D eigenvalue weighted by molar-refractivity contribution is 6.32. The van der Waals surface area contributed by atoms with E-state index in [9.17, 15) is 0 Å². The lowest BCUT2D eigenvalue weighted by molar-refractivity contribution is 0.415. The number of pyridine rings is 1. The van der Waals surface area contributed by atoms with Gasteiger partial charge in [-0.2, -0.15) is 4.98 Å². The molecule has 0 N–H and O–H groups in total. The van der Waals surface area contributed by atoms with Crippen LogP contribution in [-0.2, 0) is 0 Å². The Morgan fingerprint density at radius 3 is 2.89 bits per heavy atom. The zero-order valence-corrected chi connectivity index (χ0v) is 10.3. The van der Waals surface area contributed by atoms with Gasteiger partial charge in [-0.3, -0.25) is 0 Å². The molecule has 1 aromatic carbocycles. The molecule has 0 aliphatic carbocycles. The molecule has 0 amide bonds. The van der Waals surface area contributed by atoms with E-state index >= 15 is 0 Å². The van der Waals surface area contributed by atoms with E-state index in [0.29, 0.717) is 27.9 Å². The fourth-order valence-electron chi connectivity index (χ4n) is 1.69. The molecule has 90 valence electrons. The van der Waals surface area contributed by atoms with E-state index in [1.54, 1.807) is 31.5 Å². The van der Waals surface area contributed by atoms with Crippen molar-refractivity contribution >= 4 is 22.8 Å². The van der Waals surface area contributed by atoms with Crippen molar-refractivity contribution in [1.29, 1.82) is 0 Å². The molecule has 0 saturated heterocycles. The summed E-state index contributed by atoms with van der Waals surface area (Å²) in [6.45, 7) is 0. The molecule has 2 aromatic heterocycles. The minimum atomic E-state index is 0.494. The van der Waals surface area contributed by atoms with Crippen LogP contribution in [0.4, 0.5) is 0 Å². The summed E-state index contributed by atoms with van der Waals surface area (Å²) in [6.07, 6.45) is 1.68. The number of benzene rings is 1. The quantitative estimate of drug-likeness (QED) is 0.707. The Morgan fingerprint density at radius 2 is 2.17 bits per heavy atom. The molecule has 3 rings (SSSR count). The maximum Gasteiger partial charge on any atom is 0.228 e. The van der Waals surface area contributed by atoms with E-state index in [-0.39, 0.29) is 0 Å². The van der Waals surface area contributed by atoms with Gasteiger partial charge in [0.05, 0.1) is 12.1 Å². The van der Waals surface area contributed by atoms with Gasteiger partial charge in [-0.15, -0.1) is 0 Å². The zero-order chi connectivity index (χ0) is 12.5. The van der Waals surface area contributed by atoms with Crippen LogP contribution in [0, 0.1) is 0 Å². The normalized spacial score (nSPS) is 10.8. The van der Waals surface area contributed by atoms with Crippen LogP contribution < -0.4 is 4.74 Å². The molecule has 0 aliphatic heterocycles. The summed E-state index contributed by atoms with van der Waals surface area (Å²) in [4.78, 5) is 8.42. The van der Waals surface area contributed by atoms with Crippen molar-refractivity contribution in [3.63, 3.8) is 0 Å². The van der Waals surface area contributed by atoms with Gasteiger partial charge in [-0.05, 0) is 30.3 Å². The number of halogens is 1. The molecular formula is C13H9ClN2O2. The largest absolute Gasteiger partial charge is 0.495 e. The Labute approximate surface area is 108 Å². The Bertz CT molecular complexity index is 676. The Morgan fingerprint density at radius 1 is 1.28 bits per heavy atom. The van der Waals surface area contributed by atoms with Crippen molar-refractivity contribution in [2.45, 2.75) is 0 Å². The molecule has 0 bridgehead atoms. The molecule has 0 spiro atoms. The molecule has 0 radical (unpaired) electrons. The number of methoxy groups -OCH3 is 1. The molecule has 0 atom stereocenters. The van der Waals surface area contributed by atoms with E-state index in [1.165, 1.54) is 0 Å². The average Bonchev–Trinajstić information content (AvgIpc) is 2.82. The summed E-state index contributed by atoms with van der Waals surface area (Å²) in [5.41, 5.74) is 2.03. The van der Waals surface area contributed by atoms with Crippen molar-refractivity contribution in [3.05, 3.63) is 41.6 Å². The van der Waals surface area contributed by atoms with E-state index in [4.69, 9.17) is 20.8 Å². The first-order valence-electron chi connectivity index (χ1n) is 5.33. The van der Waals surface area contributed by atoms with Crippen LogP contribution in [0.3, 0.4) is 0 Å². The summed E-state index contributed by atoms with van der Waals surface area (Å²) < 4.78 is 10.7. The van der Waals surface area contributed by atoms with Gasteiger partial charge in [0.1, 0.15) is 5.75 Å². The molecular weight excluding hydrogens is 252 g/mol. The molecule has 5 heteroatoms. The molecule has 0 fully saturated rings. The van der Waals surface area contributed by atoms with E-state index in [2.05, 4.69) is 9.97 Å². The molecule has 0 aliphatic rings. The van der Waals surface area contributed by atoms with Crippen LogP contribution in [0.1, 0.15) is 0 Å². The second-order valence-corrected chi connectivity index (χ2v) is 4.10. The van der Waals surface area contributed by atoms with Crippen LogP contribution in [0.15, 0.2) is 40.9 Å². The van der Waals surface area contributed by atoms with Crippen LogP contribution in [-0.4, -0.2) is 17.1 Å². The smallest absolute Gasteiger partial charge is 0.228 e. The Balaban J connectivity index is 2.11. The Hall–Kier alpha value is -2.07. The summed E-state index contributed by atoms with van der Waals surface area (Å²) in [7, 11) is 1.57. The summed E-state index contributed by atoms with van der Waals surface area (Å²) in [5, 5.41) is 0.519. The number of rotatable bonds is 2. The molecule has 3 aromatic rings. The molecule has 4 nitrogen and oxygen atoms in total. The highest BCUT2D eigenvalue weighted by Crippen LogP contribution is 2.30. The van der Waals surface area contributed by atoms with E-state index in [1.807, 2.05) is 12.1 Å². The number of nitrogens with zero attached hydrogens (tertiary/aromatic N) is 2. The summed E-state index contributed by atoms with van der Waals surface area (Å²) in [6, 6.07) is 9.00. The van der Waals surface area contributed by atoms with Gasteiger partial charge in [0.15, 0.2) is 11.2 Å². The van der Waals surface area contributed by atoms with Crippen molar-refractivity contribution in [3.8, 4) is 17.2 Å². The first-order valence-corrected chi connectivity index (χ1v) is 5.71. The van der Waals surface area contributed by atoms with Crippen molar-refractivity contribution in [2.24, 2.45) is 0 Å². The third-order valence-corrected chi connectivity index (χ3v) is 2.86. The van der Waals surface area contributed by atoms with Gasteiger partial charge in [0.25, 0.3) is 0 Å². The third kappa shape index (κ3) is 1.80. The molecule has 18 heavy (non-hydrogen) atoms. The number of hydrogen-bond donors (Lipinski definition) is 0. The number of fused-ring (bicyclic) bond motifs is 1. The zero-order valence-electron chi connectivity index (χ0n) is 9.55. The first kappa shape index (κ1) is 11.0. The highest BCUT2D eigenvalue weighted by atomic mass is 35.5.